The summed E-state index contributed by atoms with van der Waals surface area (Å²) in [5.41, 5.74) is 0. The molecule has 1 heterocycles. The van der Waals surface area contributed by atoms with Crippen LogP contribution in [0.1, 0.15) is 26.7 Å². The lowest BCUT2D eigenvalue weighted by Crippen LogP contribution is -2.38. The van der Waals surface area contributed by atoms with Gasteiger partial charge in [-0.2, -0.15) is 0 Å². The van der Waals surface area contributed by atoms with E-state index >= 15 is 0 Å². The predicted octanol–water partition coefficient (Wildman–Crippen LogP) is 0.0828. The number of hydrogen-bond acceptors (Lipinski definition) is 4. The molecular weight excluding hydrogens is 228 g/mol. The summed E-state index contributed by atoms with van der Waals surface area (Å²) in [7, 11) is -3.18. The van der Waals surface area contributed by atoms with Gasteiger partial charge in [-0.25, -0.2) is 13.1 Å². The first kappa shape index (κ1) is 13.9. The Labute approximate surface area is 98.0 Å². The topological polar surface area (TPSA) is 67.4 Å². The minimum atomic E-state index is -3.18. The fourth-order valence-electron chi connectivity index (χ4n) is 1.62. The second-order valence-electron chi connectivity index (χ2n) is 4.38. The molecule has 2 N–H and O–H groups in total. The summed E-state index contributed by atoms with van der Waals surface area (Å²) in [5.74, 6) is 0.0396. The first-order chi connectivity index (χ1) is 7.49. The van der Waals surface area contributed by atoms with E-state index in [0.29, 0.717) is 12.6 Å². The molecule has 0 aromatic rings. The van der Waals surface area contributed by atoms with Crippen molar-refractivity contribution in [1.29, 1.82) is 0 Å². The molecule has 1 fully saturated rings. The van der Waals surface area contributed by atoms with Gasteiger partial charge in [-0.05, 0) is 33.2 Å². The first-order valence-corrected chi connectivity index (χ1v) is 7.47. The van der Waals surface area contributed by atoms with Gasteiger partial charge in [0, 0.05) is 12.6 Å². The molecule has 1 rings (SSSR count). The van der Waals surface area contributed by atoms with Gasteiger partial charge in [-0.15, -0.1) is 0 Å². The second kappa shape index (κ2) is 6.54. The smallest absolute Gasteiger partial charge is 0.213 e. The molecule has 1 atom stereocenters. The summed E-state index contributed by atoms with van der Waals surface area (Å²) in [6.45, 7) is 5.52. The van der Waals surface area contributed by atoms with Crippen LogP contribution < -0.4 is 10.0 Å². The number of nitrogens with one attached hydrogen (secondary N) is 2. The van der Waals surface area contributed by atoms with Crippen molar-refractivity contribution in [3.05, 3.63) is 0 Å². The molecule has 1 saturated heterocycles. The molecule has 0 aliphatic carbocycles. The zero-order valence-electron chi connectivity index (χ0n) is 10.0. The third-order valence-corrected chi connectivity index (χ3v) is 3.83. The highest BCUT2D eigenvalue weighted by molar-refractivity contribution is 7.89. The van der Waals surface area contributed by atoms with E-state index in [1.807, 2.05) is 13.8 Å². The summed E-state index contributed by atoms with van der Waals surface area (Å²) in [6.07, 6.45) is 2.25. The van der Waals surface area contributed by atoms with Crippen LogP contribution in [0.25, 0.3) is 0 Å². The quantitative estimate of drug-likeness (QED) is 0.671. The van der Waals surface area contributed by atoms with Crippen LogP contribution in [0.2, 0.25) is 0 Å². The van der Waals surface area contributed by atoms with Gasteiger partial charge in [-0.3, -0.25) is 0 Å². The summed E-state index contributed by atoms with van der Waals surface area (Å²) < 4.78 is 30.9. The van der Waals surface area contributed by atoms with E-state index < -0.39 is 10.0 Å². The molecule has 0 bridgehead atoms. The normalized spacial score (nSPS) is 21.8. The van der Waals surface area contributed by atoms with Gasteiger partial charge in [0.1, 0.15) is 0 Å². The van der Waals surface area contributed by atoms with Crippen LogP contribution >= 0.6 is 0 Å². The summed E-state index contributed by atoms with van der Waals surface area (Å²) >= 11 is 0. The van der Waals surface area contributed by atoms with Gasteiger partial charge in [0.15, 0.2) is 0 Å². The number of ether oxygens (including phenoxy) is 1. The highest BCUT2D eigenvalue weighted by atomic mass is 32.2. The molecule has 0 aromatic carbocycles. The maximum absolute atomic E-state index is 11.5. The highest BCUT2D eigenvalue weighted by Crippen LogP contribution is 2.03. The molecular formula is C10H22N2O3S. The standard InChI is InChI=1S/C10H22N2O3S/c1-9(2)15-6-7-16(13,14)12-8-10-4-3-5-11-10/h9-12H,3-8H2,1-2H3. The molecule has 0 saturated carbocycles. The minimum absolute atomic E-state index is 0.0396. The van der Waals surface area contributed by atoms with Gasteiger partial charge < -0.3 is 10.1 Å². The Kier molecular flexibility index (Phi) is 5.68. The highest BCUT2D eigenvalue weighted by Gasteiger charge is 2.17. The third kappa shape index (κ3) is 5.79. The molecule has 1 aliphatic rings. The Morgan fingerprint density at radius 3 is 2.81 bits per heavy atom. The Morgan fingerprint density at radius 1 is 1.50 bits per heavy atom. The number of rotatable bonds is 7. The van der Waals surface area contributed by atoms with Gasteiger partial charge in [0.2, 0.25) is 10.0 Å². The lowest BCUT2D eigenvalue weighted by Gasteiger charge is -2.12. The minimum Gasteiger partial charge on any atom is -0.378 e. The zero-order valence-corrected chi connectivity index (χ0v) is 10.8. The fourth-order valence-corrected chi connectivity index (χ4v) is 2.54. The average molecular weight is 250 g/mol. The van der Waals surface area contributed by atoms with Gasteiger partial charge in [0.05, 0.1) is 18.5 Å². The summed E-state index contributed by atoms with van der Waals surface area (Å²) in [5, 5.41) is 3.25. The Balaban J connectivity index is 2.17. The largest absolute Gasteiger partial charge is 0.378 e. The lowest BCUT2D eigenvalue weighted by molar-refractivity contribution is 0.0911. The maximum Gasteiger partial charge on any atom is 0.213 e. The van der Waals surface area contributed by atoms with Crippen molar-refractivity contribution in [1.82, 2.24) is 10.0 Å². The van der Waals surface area contributed by atoms with E-state index in [9.17, 15) is 8.42 Å². The van der Waals surface area contributed by atoms with Crippen LogP contribution in [-0.4, -0.2) is 46.0 Å². The molecule has 96 valence electrons. The van der Waals surface area contributed by atoms with E-state index in [-0.39, 0.29) is 18.5 Å². The van der Waals surface area contributed by atoms with Crippen LogP contribution in [0.5, 0.6) is 0 Å². The number of sulfonamides is 1. The van der Waals surface area contributed by atoms with E-state index in [1.165, 1.54) is 0 Å². The molecule has 0 amide bonds. The van der Waals surface area contributed by atoms with Gasteiger partial charge in [0.25, 0.3) is 0 Å². The Morgan fingerprint density at radius 2 is 2.25 bits per heavy atom. The Bertz CT molecular complexity index is 284. The van der Waals surface area contributed by atoms with Gasteiger partial charge in [-0.1, -0.05) is 0 Å². The summed E-state index contributed by atoms with van der Waals surface area (Å²) in [4.78, 5) is 0. The molecule has 16 heavy (non-hydrogen) atoms. The predicted molar refractivity (Wildman–Crippen MR) is 63.9 cm³/mol. The van der Waals surface area contributed by atoms with Crippen LogP contribution in [0.3, 0.4) is 0 Å². The van der Waals surface area contributed by atoms with E-state index in [2.05, 4.69) is 10.0 Å². The number of hydrogen-bond donors (Lipinski definition) is 2. The first-order valence-electron chi connectivity index (χ1n) is 5.82. The van der Waals surface area contributed by atoms with Crippen molar-refractivity contribution in [2.45, 2.75) is 38.8 Å². The molecule has 0 aromatic heterocycles. The molecule has 0 radical (unpaired) electrons. The van der Waals surface area contributed by atoms with Crippen molar-refractivity contribution in [2.24, 2.45) is 0 Å². The Hall–Kier alpha value is -0.170. The lowest BCUT2D eigenvalue weighted by atomic mass is 10.2. The van der Waals surface area contributed by atoms with Crippen LogP contribution in [0.15, 0.2) is 0 Å². The monoisotopic (exact) mass is 250 g/mol. The summed E-state index contributed by atoms with van der Waals surface area (Å²) in [6, 6.07) is 0.292. The van der Waals surface area contributed by atoms with E-state index in [0.717, 1.165) is 19.4 Å². The van der Waals surface area contributed by atoms with E-state index in [4.69, 9.17) is 4.74 Å². The molecule has 6 heteroatoms. The second-order valence-corrected chi connectivity index (χ2v) is 6.31. The van der Waals surface area contributed by atoms with Crippen LogP contribution in [-0.2, 0) is 14.8 Å². The molecule has 1 unspecified atom stereocenters. The van der Waals surface area contributed by atoms with Crippen LogP contribution in [0, 0.1) is 0 Å². The van der Waals surface area contributed by atoms with Gasteiger partial charge >= 0.3 is 0 Å². The van der Waals surface area contributed by atoms with E-state index in [1.54, 1.807) is 0 Å². The molecule has 5 nitrogen and oxygen atoms in total. The maximum atomic E-state index is 11.5. The fraction of sp³-hybridized carbons (Fsp3) is 1.00. The third-order valence-electron chi connectivity index (χ3n) is 2.52. The van der Waals surface area contributed by atoms with Crippen LogP contribution in [0.4, 0.5) is 0 Å². The van der Waals surface area contributed by atoms with Crippen molar-refractivity contribution in [2.75, 3.05) is 25.4 Å². The van der Waals surface area contributed by atoms with Crippen molar-refractivity contribution >= 4 is 10.0 Å². The molecule has 1 aliphatic heterocycles. The molecule has 0 spiro atoms. The zero-order chi connectivity index (χ0) is 12.0. The van der Waals surface area contributed by atoms with Crippen molar-refractivity contribution in [3.63, 3.8) is 0 Å². The van der Waals surface area contributed by atoms with Crippen molar-refractivity contribution in [3.8, 4) is 0 Å². The average Bonchev–Trinajstić information content (AvgIpc) is 2.66. The van der Waals surface area contributed by atoms with Crippen molar-refractivity contribution < 1.29 is 13.2 Å². The SMILES string of the molecule is CC(C)OCCS(=O)(=O)NCC1CCCN1.